The van der Waals surface area contributed by atoms with Crippen LogP contribution in [0.25, 0.3) is 11.0 Å². The topological polar surface area (TPSA) is 91.9 Å². The lowest BCUT2D eigenvalue weighted by Gasteiger charge is -2.16. The number of hydrogen-bond acceptors (Lipinski definition) is 7. The van der Waals surface area contributed by atoms with Gasteiger partial charge in [0.15, 0.2) is 5.65 Å². The molecule has 0 unspecified atom stereocenters. The van der Waals surface area contributed by atoms with Crippen LogP contribution in [0, 0.1) is 13.8 Å². The third kappa shape index (κ3) is 2.99. The Hall–Kier alpha value is -2.68. The van der Waals surface area contributed by atoms with Crippen molar-refractivity contribution >= 4 is 22.7 Å². The number of aryl methyl sites for hydroxylation is 2. The van der Waals surface area contributed by atoms with Crippen molar-refractivity contribution in [3.63, 3.8) is 0 Å². The first-order chi connectivity index (χ1) is 13.7. The van der Waals surface area contributed by atoms with Gasteiger partial charge in [0.05, 0.1) is 36.0 Å². The van der Waals surface area contributed by atoms with Crippen LogP contribution in [0.15, 0.2) is 6.20 Å². The van der Waals surface area contributed by atoms with E-state index in [1.165, 1.54) is 0 Å². The van der Waals surface area contributed by atoms with Crippen molar-refractivity contribution in [3.8, 4) is 5.88 Å². The van der Waals surface area contributed by atoms with Crippen LogP contribution in [0.5, 0.6) is 5.88 Å². The van der Waals surface area contributed by atoms with E-state index in [0.717, 1.165) is 66.9 Å². The van der Waals surface area contributed by atoms with Crippen LogP contribution >= 0.6 is 0 Å². The summed E-state index contributed by atoms with van der Waals surface area (Å²) in [7, 11) is 0. The van der Waals surface area contributed by atoms with Gasteiger partial charge in [0, 0.05) is 25.8 Å². The molecule has 9 nitrogen and oxygen atoms in total. The van der Waals surface area contributed by atoms with Gasteiger partial charge in [0.2, 0.25) is 5.95 Å². The highest BCUT2D eigenvalue weighted by atomic mass is 16.5. The Morgan fingerprint density at radius 2 is 2.07 bits per heavy atom. The Labute approximate surface area is 163 Å². The molecule has 0 radical (unpaired) electrons. The van der Waals surface area contributed by atoms with Crippen LogP contribution in [0.2, 0.25) is 0 Å². The molecule has 2 aliphatic rings. The summed E-state index contributed by atoms with van der Waals surface area (Å²) in [5.74, 6) is 1.13. The molecule has 1 atom stereocenters. The first kappa shape index (κ1) is 17.4. The van der Waals surface area contributed by atoms with Gasteiger partial charge in [-0.1, -0.05) is 0 Å². The number of fused-ring (bicyclic) bond motifs is 2. The molecular weight excluding hydrogens is 358 g/mol. The summed E-state index contributed by atoms with van der Waals surface area (Å²) in [5.41, 5.74) is 3.63. The maximum atomic E-state index is 6.05. The minimum atomic E-state index is 0.223. The quantitative estimate of drug-likeness (QED) is 0.691. The predicted molar refractivity (Wildman–Crippen MR) is 104 cm³/mol. The third-order valence-corrected chi connectivity index (χ3v) is 5.51. The Bertz CT molecular complexity index is 1000. The number of aromatic nitrogens is 6. The molecule has 3 aromatic heterocycles. The summed E-state index contributed by atoms with van der Waals surface area (Å²) >= 11 is 0. The first-order valence-electron chi connectivity index (χ1n) is 9.97. The van der Waals surface area contributed by atoms with Gasteiger partial charge in [-0.05, 0) is 33.1 Å². The Morgan fingerprint density at radius 3 is 3.00 bits per heavy atom. The molecule has 0 spiro atoms. The maximum absolute atomic E-state index is 6.05. The molecule has 9 heteroatoms. The summed E-state index contributed by atoms with van der Waals surface area (Å²) in [6.45, 7) is 6.86. The van der Waals surface area contributed by atoms with Crippen molar-refractivity contribution < 1.29 is 9.47 Å². The third-order valence-electron chi connectivity index (χ3n) is 5.51. The molecule has 3 aromatic rings. The van der Waals surface area contributed by atoms with E-state index < -0.39 is 0 Å². The second kappa shape index (κ2) is 7.05. The fraction of sp³-hybridized carbons (Fsp3) is 0.579. The van der Waals surface area contributed by atoms with Crippen molar-refractivity contribution in [2.75, 3.05) is 25.1 Å². The smallest absolute Gasteiger partial charge is 0.257 e. The molecular formula is C19H25N7O2. The van der Waals surface area contributed by atoms with Gasteiger partial charge < -0.3 is 14.8 Å². The zero-order valence-electron chi connectivity index (χ0n) is 16.3. The molecule has 1 fully saturated rings. The molecule has 1 N–H and O–H groups in total. The largest absolute Gasteiger partial charge is 0.475 e. The fourth-order valence-electron chi connectivity index (χ4n) is 3.99. The highest BCUT2D eigenvalue weighted by Crippen LogP contribution is 2.34. The van der Waals surface area contributed by atoms with Gasteiger partial charge in [0.1, 0.15) is 5.69 Å². The van der Waals surface area contributed by atoms with Crippen molar-refractivity contribution in [3.05, 3.63) is 17.6 Å². The zero-order chi connectivity index (χ0) is 19.1. The summed E-state index contributed by atoms with van der Waals surface area (Å²) < 4.78 is 15.8. The van der Waals surface area contributed by atoms with Crippen molar-refractivity contribution in [2.45, 2.75) is 52.1 Å². The van der Waals surface area contributed by atoms with Crippen LogP contribution in [-0.2, 0) is 11.3 Å². The molecule has 1 saturated heterocycles. The first-order valence-corrected chi connectivity index (χ1v) is 9.97. The van der Waals surface area contributed by atoms with Crippen LogP contribution in [0.1, 0.15) is 43.1 Å². The predicted octanol–water partition coefficient (Wildman–Crippen LogP) is 2.91. The molecule has 0 aromatic carbocycles. The van der Waals surface area contributed by atoms with Crippen molar-refractivity contribution in [1.82, 2.24) is 29.5 Å². The Balaban J connectivity index is 1.56. The van der Waals surface area contributed by atoms with Crippen LogP contribution in [0.3, 0.4) is 0 Å². The summed E-state index contributed by atoms with van der Waals surface area (Å²) in [4.78, 5) is 9.21. The van der Waals surface area contributed by atoms with E-state index in [2.05, 4.69) is 22.3 Å². The molecule has 28 heavy (non-hydrogen) atoms. The lowest BCUT2D eigenvalue weighted by molar-refractivity contribution is 0.113. The molecule has 0 aliphatic carbocycles. The van der Waals surface area contributed by atoms with Gasteiger partial charge >= 0.3 is 0 Å². The molecule has 5 heterocycles. The highest BCUT2D eigenvalue weighted by molar-refractivity contribution is 5.79. The number of rotatable bonds is 1. The zero-order valence-corrected chi connectivity index (χ0v) is 16.3. The molecule has 0 saturated carbocycles. The number of anilines is 2. The molecule has 0 amide bonds. The average molecular weight is 383 g/mol. The van der Waals surface area contributed by atoms with E-state index >= 15 is 0 Å². The lowest BCUT2D eigenvalue weighted by atomic mass is 10.1. The molecule has 2 bridgehead atoms. The van der Waals surface area contributed by atoms with Gasteiger partial charge in [-0.15, -0.1) is 5.10 Å². The Kier molecular flexibility index (Phi) is 4.38. The number of nitrogens with zero attached hydrogens (tertiary/aromatic N) is 6. The maximum Gasteiger partial charge on any atom is 0.257 e. The highest BCUT2D eigenvalue weighted by Gasteiger charge is 2.24. The summed E-state index contributed by atoms with van der Waals surface area (Å²) in [5, 5.41) is 13.7. The van der Waals surface area contributed by atoms with Crippen molar-refractivity contribution in [2.24, 2.45) is 0 Å². The van der Waals surface area contributed by atoms with E-state index in [4.69, 9.17) is 19.6 Å². The SMILES string of the molecule is Cc1nn2c3nc(ncc13)Nc1c(nn([C@@H]3CCCCOC3)c1C)OCCC2. The van der Waals surface area contributed by atoms with Crippen LogP contribution in [0.4, 0.5) is 11.6 Å². The number of nitrogens with one attached hydrogen (secondary N) is 1. The van der Waals surface area contributed by atoms with Gasteiger partial charge in [-0.25, -0.2) is 9.67 Å². The lowest BCUT2D eigenvalue weighted by Crippen LogP contribution is -2.17. The van der Waals surface area contributed by atoms with Crippen LogP contribution < -0.4 is 10.1 Å². The monoisotopic (exact) mass is 383 g/mol. The van der Waals surface area contributed by atoms with Crippen LogP contribution in [-0.4, -0.2) is 49.3 Å². The standard InChI is InChI=1S/C19H25N7O2/c1-12-15-10-20-19-21-16-13(2)26(14-6-3-4-8-27-11-14)24-18(16)28-9-5-7-25(23-12)17(15)22-19/h10,14H,3-9,11H2,1-2H3,(H,20,21,22)/t14-/m1/s1. The Morgan fingerprint density at radius 1 is 1.14 bits per heavy atom. The normalized spacial score (nSPS) is 20.1. The molecule has 2 aliphatic heterocycles. The number of hydrogen-bond donors (Lipinski definition) is 1. The van der Waals surface area contributed by atoms with E-state index in [1.54, 1.807) is 0 Å². The van der Waals surface area contributed by atoms with Crippen molar-refractivity contribution in [1.29, 1.82) is 0 Å². The number of ether oxygens (including phenoxy) is 2. The van der Waals surface area contributed by atoms with E-state index in [-0.39, 0.29) is 6.04 Å². The van der Waals surface area contributed by atoms with Gasteiger partial charge in [-0.2, -0.15) is 10.1 Å². The second-order valence-corrected chi connectivity index (χ2v) is 7.50. The van der Waals surface area contributed by atoms with E-state index in [1.807, 2.05) is 22.5 Å². The summed E-state index contributed by atoms with van der Waals surface area (Å²) in [6, 6.07) is 0.223. The van der Waals surface area contributed by atoms with E-state index in [0.29, 0.717) is 25.0 Å². The second-order valence-electron chi connectivity index (χ2n) is 7.50. The fourth-order valence-corrected chi connectivity index (χ4v) is 3.99. The van der Waals surface area contributed by atoms with Gasteiger partial charge in [0.25, 0.3) is 5.88 Å². The minimum Gasteiger partial charge on any atom is -0.475 e. The molecule has 148 valence electrons. The van der Waals surface area contributed by atoms with Gasteiger partial charge in [-0.3, -0.25) is 4.68 Å². The average Bonchev–Trinajstić information content (AvgIpc) is 3.01. The summed E-state index contributed by atoms with van der Waals surface area (Å²) in [6.07, 6.45) is 5.97. The van der Waals surface area contributed by atoms with E-state index in [9.17, 15) is 0 Å². The molecule has 5 rings (SSSR count). The minimum absolute atomic E-state index is 0.223.